The van der Waals surface area contributed by atoms with E-state index in [4.69, 9.17) is 0 Å². The predicted molar refractivity (Wildman–Crippen MR) is 85.3 cm³/mol. The summed E-state index contributed by atoms with van der Waals surface area (Å²) in [5, 5.41) is 5.79. The third kappa shape index (κ3) is 4.24. The SMILES string of the molecule is CC(C)(C)C(=O)NCCC(=O)Nc1nc2ccc(F)cc2s1. The van der Waals surface area contributed by atoms with Gasteiger partial charge in [0.1, 0.15) is 5.82 Å². The Labute approximate surface area is 131 Å². The molecule has 0 aliphatic carbocycles. The molecule has 0 spiro atoms. The first-order chi connectivity index (χ1) is 10.3. The minimum absolute atomic E-state index is 0.101. The number of thiazole rings is 1. The van der Waals surface area contributed by atoms with Crippen molar-refractivity contribution in [3.8, 4) is 0 Å². The maximum absolute atomic E-state index is 13.1. The molecule has 0 radical (unpaired) electrons. The lowest BCUT2D eigenvalue weighted by Gasteiger charge is -2.17. The molecule has 0 bridgehead atoms. The fourth-order valence-corrected chi connectivity index (χ4v) is 2.60. The van der Waals surface area contributed by atoms with Crippen LogP contribution in [0.4, 0.5) is 9.52 Å². The standard InChI is InChI=1S/C15H18FN3O2S/c1-15(2,3)13(21)17-7-6-12(20)19-14-18-10-5-4-9(16)8-11(10)22-14/h4-5,8H,6-7H2,1-3H3,(H,17,21)(H,18,19,20). The van der Waals surface area contributed by atoms with Crippen molar-refractivity contribution in [2.75, 3.05) is 11.9 Å². The summed E-state index contributed by atoms with van der Waals surface area (Å²) in [6.07, 6.45) is 0.159. The number of halogens is 1. The zero-order chi connectivity index (χ0) is 16.3. The van der Waals surface area contributed by atoms with E-state index in [1.165, 1.54) is 23.5 Å². The summed E-state index contributed by atoms with van der Waals surface area (Å²) in [6, 6.07) is 4.28. The molecule has 1 heterocycles. The number of rotatable bonds is 4. The molecule has 2 amide bonds. The van der Waals surface area contributed by atoms with E-state index < -0.39 is 5.41 Å². The van der Waals surface area contributed by atoms with Gasteiger partial charge in [0, 0.05) is 18.4 Å². The molecular weight excluding hydrogens is 305 g/mol. The van der Waals surface area contributed by atoms with Gasteiger partial charge in [-0.15, -0.1) is 0 Å². The van der Waals surface area contributed by atoms with Crippen LogP contribution in [-0.2, 0) is 9.59 Å². The molecule has 0 atom stereocenters. The van der Waals surface area contributed by atoms with E-state index >= 15 is 0 Å². The smallest absolute Gasteiger partial charge is 0.227 e. The number of aromatic nitrogens is 1. The molecule has 2 aromatic rings. The van der Waals surface area contributed by atoms with Crippen molar-refractivity contribution < 1.29 is 14.0 Å². The van der Waals surface area contributed by atoms with Gasteiger partial charge in [0.2, 0.25) is 11.8 Å². The first-order valence-electron chi connectivity index (χ1n) is 6.90. The number of nitrogens with one attached hydrogen (secondary N) is 2. The van der Waals surface area contributed by atoms with Crippen molar-refractivity contribution in [2.24, 2.45) is 5.41 Å². The fraction of sp³-hybridized carbons (Fsp3) is 0.400. The highest BCUT2D eigenvalue weighted by Crippen LogP contribution is 2.26. The summed E-state index contributed by atoms with van der Waals surface area (Å²) in [5.41, 5.74) is 0.163. The van der Waals surface area contributed by atoms with Gasteiger partial charge in [0.25, 0.3) is 0 Å². The number of amides is 2. The highest BCUT2D eigenvalue weighted by molar-refractivity contribution is 7.22. The fourth-order valence-electron chi connectivity index (χ4n) is 1.69. The van der Waals surface area contributed by atoms with Crippen molar-refractivity contribution in [1.82, 2.24) is 10.3 Å². The Morgan fingerprint density at radius 1 is 1.32 bits per heavy atom. The monoisotopic (exact) mass is 323 g/mol. The number of benzene rings is 1. The molecule has 1 aromatic heterocycles. The molecule has 5 nitrogen and oxygen atoms in total. The van der Waals surface area contributed by atoms with Crippen LogP contribution in [0.3, 0.4) is 0 Å². The third-order valence-electron chi connectivity index (χ3n) is 2.92. The van der Waals surface area contributed by atoms with Crippen molar-refractivity contribution >= 4 is 38.5 Å². The van der Waals surface area contributed by atoms with Gasteiger partial charge in [-0.05, 0) is 18.2 Å². The maximum Gasteiger partial charge on any atom is 0.227 e. The number of carbonyl (C=O) groups is 2. The van der Waals surface area contributed by atoms with E-state index in [0.717, 1.165) is 0 Å². The van der Waals surface area contributed by atoms with Gasteiger partial charge in [0.15, 0.2) is 5.13 Å². The molecule has 2 rings (SSSR count). The lowest BCUT2D eigenvalue weighted by molar-refractivity contribution is -0.128. The molecule has 7 heteroatoms. The van der Waals surface area contributed by atoms with Crippen LogP contribution in [0.5, 0.6) is 0 Å². The second-order valence-corrected chi connectivity index (χ2v) is 6.97. The molecule has 22 heavy (non-hydrogen) atoms. The Balaban J connectivity index is 1.87. The molecule has 118 valence electrons. The zero-order valence-electron chi connectivity index (χ0n) is 12.7. The summed E-state index contributed by atoms with van der Waals surface area (Å²) in [6.45, 7) is 5.69. The number of hydrogen-bond acceptors (Lipinski definition) is 4. The molecular formula is C15H18FN3O2S. The second-order valence-electron chi connectivity index (χ2n) is 5.94. The lowest BCUT2D eigenvalue weighted by atomic mass is 9.96. The lowest BCUT2D eigenvalue weighted by Crippen LogP contribution is -2.36. The average Bonchev–Trinajstić information content (AvgIpc) is 2.78. The highest BCUT2D eigenvalue weighted by Gasteiger charge is 2.20. The second kappa shape index (κ2) is 6.39. The molecule has 0 unspecified atom stereocenters. The summed E-state index contributed by atoms with van der Waals surface area (Å²) in [5.74, 6) is -0.677. The van der Waals surface area contributed by atoms with E-state index in [0.29, 0.717) is 15.3 Å². The summed E-state index contributed by atoms with van der Waals surface area (Å²) in [7, 11) is 0. The summed E-state index contributed by atoms with van der Waals surface area (Å²) < 4.78 is 13.8. The Morgan fingerprint density at radius 3 is 2.73 bits per heavy atom. The minimum atomic E-state index is -0.479. The molecule has 2 N–H and O–H groups in total. The Kier molecular flexibility index (Phi) is 4.75. The van der Waals surface area contributed by atoms with Gasteiger partial charge in [-0.3, -0.25) is 9.59 Å². The number of fused-ring (bicyclic) bond motifs is 1. The highest BCUT2D eigenvalue weighted by atomic mass is 32.1. The van der Waals surface area contributed by atoms with Crippen LogP contribution in [0.15, 0.2) is 18.2 Å². The van der Waals surface area contributed by atoms with Gasteiger partial charge in [0.05, 0.1) is 10.2 Å². The first kappa shape index (κ1) is 16.4. The molecule has 0 aliphatic heterocycles. The van der Waals surface area contributed by atoms with Crippen molar-refractivity contribution in [3.63, 3.8) is 0 Å². The van der Waals surface area contributed by atoms with Crippen LogP contribution >= 0.6 is 11.3 Å². The van der Waals surface area contributed by atoms with Crippen molar-refractivity contribution in [3.05, 3.63) is 24.0 Å². The van der Waals surface area contributed by atoms with E-state index in [-0.39, 0.29) is 30.6 Å². The number of hydrogen-bond donors (Lipinski definition) is 2. The quantitative estimate of drug-likeness (QED) is 0.909. The van der Waals surface area contributed by atoms with Gasteiger partial charge >= 0.3 is 0 Å². The Morgan fingerprint density at radius 2 is 2.05 bits per heavy atom. The van der Waals surface area contributed by atoms with Crippen LogP contribution in [-0.4, -0.2) is 23.3 Å². The number of anilines is 1. The maximum atomic E-state index is 13.1. The largest absolute Gasteiger partial charge is 0.355 e. The molecule has 0 fully saturated rings. The normalized spacial score (nSPS) is 11.5. The Hall–Kier alpha value is -2.02. The van der Waals surface area contributed by atoms with Crippen molar-refractivity contribution in [1.29, 1.82) is 0 Å². The zero-order valence-corrected chi connectivity index (χ0v) is 13.5. The van der Waals surface area contributed by atoms with Crippen molar-refractivity contribution in [2.45, 2.75) is 27.2 Å². The van der Waals surface area contributed by atoms with Gasteiger partial charge < -0.3 is 10.6 Å². The number of carbonyl (C=O) groups excluding carboxylic acids is 2. The Bertz CT molecular complexity index is 706. The minimum Gasteiger partial charge on any atom is -0.355 e. The van der Waals surface area contributed by atoms with Gasteiger partial charge in [-0.25, -0.2) is 9.37 Å². The van der Waals surface area contributed by atoms with Gasteiger partial charge in [-0.1, -0.05) is 32.1 Å². The third-order valence-corrected chi connectivity index (χ3v) is 3.85. The first-order valence-corrected chi connectivity index (χ1v) is 7.71. The molecule has 0 aliphatic rings. The number of nitrogens with zero attached hydrogens (tertiary/aromatic N) is 1. The van der Waals surface area contributed by atoms with Crippen LogP contribution in [0.2, 0.25) is 0 Å². The molecule has 0 saturated heterocycles. The summed E-state index contributed by atoms with van der Waals surface area (Å²) >= 11 is 1.21. The van der Waals surface area contributed by atoms with E-state index in [1.807, 2.05) is 20.8 Å². The molecule has 1 aromatic carbocycles. The van der Waals surface area contributed by atoms with E-state index in [1.54, 1.807) is 6.07 Å². The van der Waals surface area contributed by atoms with E-state index in [2.05, 4.69) is 15.6 Å². The van der Waals surface area contributed by atoms with Gasteiger partial charge in [-0.2, -0.15) is 0 Å². The van der Waals surface area contributed by atoms with Crippen LogP contribution in [0.25, 0.3) is 10.2 Å². The predicted octanol–water partition coefficient (Wildman–Crippen LogP) is 2.93. The average molecular weight is 323 g/mol. The van der Waals surface area contributed by atoms with E-state index in [9.17, 15) is 14.0 Å². The van der Waals surface area contributed by atoms with Crippen LogP contribution in [0, 0.1) is 11.2 Å². The molecule has 0 saturated carbocycles. The van der Waals surface area contributed by atoms with Crippen LogP contribution in [0.1, 0.15) is 27.2 Å². The van der Waals surface area contributed by atoms with Crippen LogP contribution < -0.4 is 10.6 Å². The topological polar surface area (TPSA) is 71.1 Å². The summed E-state index contributed by atoms with van der Waals surface area (Å²) in [4.78, 5) is 27.7.